The maximum absolute atomic E-state index is 13.0. The number of aryl methyl sites for hydroxylation is 1. The van der Waals surface area contributed by atoms with E-state index in [0.717, 1.165) is 59.5 Å². The molecular formula is C27H26N4O. The molecule has 1 fully saturated rings. The van der Waals surface area contributed by atoms with Crippen LogP contribution in [-0.2, 0) is 4.79 Å². The first-order valence-electron chi connectivity index (χ1n) is 11.1. The molecule has 5 rings (SSSR count). The Bertz CT molecular complexity index is 1240. The van der Waals surface area contributed by atoms with E-state index in [9.17, 15) is 4.79 Å². The molecule has 160 valence electrons. The Labute approximate surface area is 188 Å². The van der Waals surface area contributed by atoms with Gasteiger partial charge in [0.1, 0.15) is 12.1 Å². The summed E-state index contributed by atoms with van der Waals surface area (Å²) >= 11 is 0. The van der Waals surface area contributed by atoms with Gasteiger partial charge >= 0.3 is 0 Å². The average Bonchev–Trinajstić information content (AvgIpc) is 2.85. The van der Waals surface area contributed by atoms with Gasteiger partial charge in [-0.25, -0.2) is 9.97 Å². The summed E-state index contributed by atoms with van der Waals surface area (Å²) in [6.45, 7) is 3.69. The Hall–Kier alpha value is -3.73. The number of fused-ring (bicyclic) bond motifs is 1. The monoisotopic (exact) mass is 422 g/mol. The van der Waals surface area contributed by atoms with E-state index in [1.807, 2.05) is 36.4 Å². The minimum Gasteiger partial charge on any atom is -0.356 e. The number of nitrogens with zero attached hydrogens (tertiary/aromatic N) is 3. The van der Waals surface area contributed by atoms with E-state index in [4.69, 9.17) is 0 Å². The highest BCUT2D eigenvalue weighted by molar-refractivity contribution is 6.02. The van der Waals surface area contributed by atoms with Gasteiger partial charge in [-0.1, -0.05) is 66.2 Å². The molecule has 4 aromatic rings. The van der Waals surface area contributed by atoms with Crippen LogP contribution in [0, 0.1) is 12.8 Å². The summed E-state index contributed by atoms with van der Waals surface area (Å²) in [5, 5.41) is 5.37. The smallest absolute Gasteiger partial charge is 0.227 e. The Morgan fingerprint density at radius 2 is 1.69 bits per heavy atom. The van der Waals surface area contributed by atoms with Gasteiger partial charge in [-0.3, -0.25) is 4.79 Å². The second kappa shape index (κ2) is 8.79. The summed E-state index contributed by atoms with van der Waals surface area (Å²) in [7, 11) is 0. The molecule has 5 heteroatoms. The number of aromatic nitrogens is 2. The zero-order chi connectivity index (χ0) is 21.9. The van der Waals surface area contributed by atoms with Crippen LogP contribution in [0.3, 0.4) is 0 Å². The summed E-state index contributed by atoms with van der Waals surface area (Å²) in [6.07, 6.45) is 3.24. The molecule has 1 amide bonds. The number of carbonyl (C=O) groups is 1. The lowest BCUT2D eigenvalue weighted by atomic mass is 9.95. The zero-order valence-corrected chi connectivity index (χ0v) is 18.2. The van der Waals surface area contributed by atoms with Crippen molar-refractivity contribution in [2.45, 2.75) is 19.8 Å². The number of hydrogen-bond acceptors (Lipinski definition) is 4. The van der Waals surface area contributed by atoms with Crippen LogP contribution in [0.15, 0.2) is 79.1 Å². The third-order valence-electron chi connectivity index (χ3n) is 6.24. The van der Waals surface area contributed by atoms with Gasteiger partial charge in [-0.15, -0.1) is 0 Å². The fourth-order valence-corrected chi connectivity index (χ4v) is 4.34. The van der Waals surface area contributed by atoms with E-state index in [1.54, 1.807) is 6.33 Å². The number of amides is 1. The van der Waals surface area contributed by atoms with Crippen LogP contribution in [0.4, 0.5) is 11.5 Å². The van der Waals surface area contributed by atoms with Gasteiger partial charge in [0.2, 0.25) is 5.91 Å². The van der Waals surface area contributed by atoms with Crippen molar-refractivity contribution in [2.24, 2.45) is 5.92 Å². The molecule has 0 aliphatic carbocycles. The van der Waals surface area contributed by atoms with Gasteiger partial charge < -0.3 is 10.2 Å². The lowest BCUT2D eigenvalue weighted by molar-refractivity contribution is -0.120. The van der Waals surface area contributed by atoms with Crippen molar-refractivity contribution >= 4 is 28.2 Å². The van der Waals surface area contributed by atoms with Crippen LogP contribution in [0.25, 0.3) is 22.0 Å². The molecule has 0 atom stereocenters. The minimum absolute atomic E-state index is 0.00336. The highest BCUT2D eigenvalue weighted by atomic mass is 16.1. The van der Waals surface area contributed by atoms with Gasteiger partial charge in [0.15, 0.2) is 0 Å². The number of anilines is 2. The number of benzene rings is 3. The third-order valence-corrected chi connectivity index (χ3v) is 6.24. The second-order valence-electron chi connectivity index (χ2n) is 8.40. The van der Waals surface area contributed by atoms with E-state index < -0.39 is 0 Å². The first-order chi connectivity index (χ1) is 15.7. The Balaban J connectivity index is 1.25. The molecule has 0 radical (unpaired) electrons. The summed E-state index contributed by atoms with van der Waals surface area (Å²) in [4.78, 5) is 24.2. The van der Waals surface area contributed by atoms with E-state index >= 15 is 0 Å². The molecular weight excluding hydrogens is 396 g/mol. The van der Waals surface area contributed by atoms with Crippen molar-refractivity contribution in [3.05, 3.63) is 84.7 Å². The van der Waals surface area contributed by atoms with Crippen molar-refractivity contribution in [3.8, 4) is 11.3 Å². The van der Waals surface area contributed by atoms with Gasteiger partial charge in [-0.2, -0.15) is 0 Å². The predicted molar refractivity (Wildman–Crippen MR) is 130 cm³/mol. The second-order valence-corrected chi connectivity index (χ2v) is 8.40. The number of nitrogens with one attached hydrogen (secondary N) is 1. The number of carbonyl (C=O) groups excluding carboxylic acids is 1. The zero-order valence-electron chi connectivity index (χ0n) is 18.2. The topological polar surface area (TPSA) is 58.1 Å². The number of rotatable bonds is 4. The Morgan fingerprint density at radius 3 is 2.50 bits per heavy atom. The van der Waals surface area contributed by atoms with E-state index in [2.05, 4.69) is 63.5 Å². The predicted octanol–water partition coefficient (Wildman–Crippen LogP) is 5.46. The molecule has 1 aromatic heterocycles. The fraction of sp³-hybridized carbons (Fsp3) is 0.222. The SMILES string of the molecule is Cc1ccc(-c2cc(N3CCC(C(=O)Nc4cccc5ccccc45)CC3)ncn2)cc1. The quantitative estimate of drug-likeness (QED) is 0.474. The summed E-state index contributed by atoms with van der Waals surface area (Å²) in [5.41, 5.74) is 4.12. The van der Waals surface area contributed by atoms with Gasteiger partial charge in [0, 0.05) is 41.7 Å². The van der Waals surface area contributed by atoms with Crippen LogP contribution in [0.5, 0.6) is 0 Å². The molecule has 0 saturated carbocycles. The molecule has 32 heavy (non-hydrogen) atoms. The van der Waals surface area contributed by atoms with Crippen molar-refractivity contribution < 1.29 is 4.79 Å². The van der Waals surface area contributed by atoms with Gasteiger partial charge in [-0.05, 0) is 31.2 Å². The molecule has 3 aromatic carbocycles. The van der Waals surface area contributed by atoms with Crippen molar-refractivity contribution in [3.63, 3.8) is 0 Å². The normalized spacial score (nSPS) is 14.5. The van der Waals surface area contributed by atoms with Crippen molar-refractivity contribution in [1.82, 2.24) is 9.97 Å². The van der Waals surface area contributed by atoms with Gasteiger partial charge in [0.05, 0.1) is 5.69 Å². The highest BCUT2D eigenvalue weighted by Crippen LogP contribution is 2.28. The Morgan fingerprint density at radius 1 is 0.938 bits per heavy atom. The summed E-state index contributed by atoms with van der Waals surface area (Å²) < 4.78 is 0. The molecule has 0 unspecified atom stereocenters. The molecule has 0 spiro atoms. The molecule has 1 saturated heterocycles. The molecule has 1 aliphatic rings. The fourth-order valence-electron chi connectivity index (χ4n) is 4.34. The first kappa shape index (κ1) is 20.2. The van der Waals surface area contributed by atoms with Crippen LogP contribution < -0.4 is 10.2 Å². The highest BCUT2D eigenvalue weighted by Gasteiger charge is 2.26. The molecule has 0 bridgehead atoms. The van der Waals surface area contributed by atoms with E-state index in [0.29, 0.717) is 0 Å². The molecule has 2 heterocycles. The Kier molecular flexibility index (Phi) is 5.55. The standard InChI is InChI=1S/C27H26N4O/c1-19-9-11-21(12-10-19)25-17-26(29-18-28-25)31-15-13-22(14-16-31)27(32)30-24-8-4-6-20-5-2-3-7-23(20)24/h2-12,17-18,22H,13-16H2,1H3,(H,30,32). The van der Waals surface area contributed by atoms with Crippen molar-refractivity contribution in [2.75, 3.05) is 23.3 Å². The molecule has 1 N–H and O–H groups in total. The lowest BCUT2D eigenvalue weighted by Gasteiger charge is -2.32. The number of hydrogen-bond donors (Lipinski definition) is 1. The maximum atomic E-state index is 13.0. The van der Waals surface area contributed by atoms with Crippen LogP contribution in [0.1, 0.15) is 18.4 Å². The summed E-state index contributed by atoms with van der Waals surface area (Å²) in [5.74, 6) is 1.02. The first-order valence-corrected chi connectivity index (χ1v) is 11.1. The molecule has 1 aliphatic heterocycles. The maximum Gasteiger partial charge on any atom is 0.227 e. The average molecular weight is 423 g/mol. The van der Waals surface area contributed by atoms with Crippen LogP contribution >= 0.6 is 0 Å². The van der Waals surface area contributed by atoms with Gasteiger partial charge in [0.25, 0.3) is 0 Å². The van der Waals surface area contributed by atoms with Crippen molar-refractivity contribution in [1.29, 1.82) is 0 Å². The minimum atomic E-state index is 0.00336. The van der Waals surface area contributed by atoms with Crippen LogP contribution in [-0.4, -0.2) is 29.0 Å². The lowest BCUT2D eigenvalue weighted by Crippen LogP contribution is -2.38. The number of piperidine rings is 1. The third kappa shape index (κ3) is 4.19. The van der Waals surface area contributed by atoms with Crippen LogP contribution in [0.2, 0.25) is 0 Å². The van der Waals surface area contributed by atoms with E-state index in [1.165, 1.54) is 5.56 Å². The molecule has 5 nitrogen and oxygen atoms in total. The van der Waals surface area contributed by atoms with E-state index in [-0.39, 0.29) is 11.8 Å². The largest absolute Gasteiger partial charge is 0.356 e. The summed E-state index contributed by atoms with van der Waals surface area (Å²) in [6, 6.07) is 24.6.